The number of hydrazine groups is 1. The van der Waals surface area contributed by atoms with Gasteiger partial charge in [0, 0.05) is 11.9 Å². The lowest BCUT2D eigenvalue weighted by Gasteiger charge is -2.14. The van der Waals surface area contributed by atoms with Crippen molar-refractivity contribution in [2.45, 2.75) is 13.3 Å². The first-order chi connectivity index (χ1) is 5.11. The van der Waals surface area contributed by atoms with Crippen molar-refractivity contribution < 1.29 is 4.79 Å². The lowest BCUT2D eigenvalue weighted by Crippen LogP contribution is -2.25. The number of aldehydes is 1. The molecule has 0 unspecified atom stereocenters. The maximum absolute atomic E-state index is 10.0. The van der Waals surface area contributed by atoms with Crippen molar-refractivity contribution in [3.8, 4) is 0 Å². The van der Waals surface area contributed by atoms with Gasteiger partial charge in [-0.15, -0.1) is 0 Å². The summed E-state index contributed by atoms with van der Waals surface area (Å²) in [5, 5.41) is 1.24. The molecule has 0 saturated heterocycles. The Hall–Kier alpha value is -1.29. The molecule has 0 aliphatic heterocycles. The second-order valence-electron chi connectivity index (χ2n) is 2.07. The molecule has 0 amide bonds. The highest BCUT2D eigenvalue weighted by molar-refractivity contribution is 5.71. The van der Waals surface area contributed by atoms with Crippen LogP contribution in [0, 0.1) is 0 Å². The van der Waals surface area contributed by atoms with Gasteiger partial charge in [0.2, 0.25) is 0 Å². The fourth-order valence-corrected chi connectivity index (χ4v) is 0.465. The zero-order valence-electron chi connectivity index (χ0n) is 6.58. The monoisotopic (exact) mass is 155 g/mol. The molecule has 0 fully saturated rings. The Kier molecular flexibility index (Phi) is 3.98. The molecule has 0 saturated carbocycles. The number of nitrogens with zero attached hydrogens (tertiary/aromatic N) is 1. The van der Waals surface area contributed by atoms with Crippen LogP contribution >= 0.6 is 0 Å². The molecule has 0 aliphatic carbocycles. The van der Waals surface area contributed by atoms with Crippen LogP contribution in [-0.2, 0) is 4.79 Å². The molecule has 0 aromatic rings. The molecule has 0 radical (unpaired) electrons. The van der Waals surface area contributed by atoms with Crippen molar-refractivity contribution >= 4 is 6.29 Å². The Morgan fingerprint density at radius 2 is 2.27 bits per heavy atom. The summed E-state index contributed by atoms with van der Waals surface area (Å²) in [7, 11) is 0. The summed E-state index contributed by atoms with van der Waals surface area (Å²) in [6.07, 6.45) is 2.58. The summed E-state index contributed by atoms with van der Waals surface area (Å²) in [6.45, 7) is 5.56. The quantitative estimate of drug-likeness (QED) is 0.261. The van der Waals surface area contributed by atoms with E-state index in [9.17, 15) is 4.79 Å². The third kappa shape index (κ3) is 3.42. The Bertz CT molecular complexity index is 186. The van der Waals surface area contributed by atoms with Gasteiger partial charge >= 0.3 is 0 Å². The van der Waals surface area contributed by atoms with Gasteiger partial charge in [-0.2, -0.15) is 0 Å². The van der Waals surface area contributed by atoms with Gasteiger partial charge in [-0.1, -0.05) is 13.5 Å². The van der Waals surface area contributed by atoms with Crippen molar-refractivity contribution in [2.75, 3.05) is 0 Å². The number of carbonyl (C=O) groups is 1. The number of rotatable bonds is 4. The van der Waals surface area contributed by atoms with E-state index in [4.69, 9.17) is 11.6 Å². The van der Waals surface area contributed by atoms with E-state index in [0.717, 1.165) is 6.42 Å². The van der Waals surface area contributed by atoms with Crippen LogP contribution in [0.4, 0.5) is 0 Å². The molecule has 0 aromatic heterocycles. The van der Waals surface area contributed by atoms with E-state index in [1.54, 1.807) is 0 Å². The Morgan fingerprint density at radius 3 is 2.64 bits per heavy atom. The number of carbonyl (C=O) groups excluding carboxylic acids is 1. The minimum Gasteiger partial charge on any atom is -0.395 e. The molecular weight excluding hydrogens is 142 g/mol. The van der Waals surface area contributed by atoms with Crippen LogP contribution in [0.15, 0.2) is 24.2 Å². The van der Waals surface area contributed by atoms with E-state index in [0.29, 0.717) is 12.0 Å². The van der Waals surface area contributed by atoms with E-state index in [1.807, 2.05) is 6.92 Å². The molecule has 4 N–H and O–H groups in total. The molecule has 62 valence electrons. The normalized spacial score (nSPS) is 10.9. The van der Waals surface area contributed by atoms with E-state index in [-0.39, 0.29) is 5.70 Å². The summed E-state index contributed by atoms with van der Waals surface area (Å²) in [5.41, 5.74) is 5.99. The zero-order chi connectivity index (χ0) is 8.85. The lowest BCUT2D eigenvalue weighted by atomic mass is 10.3. The fraction of sp³-hybridized carbons (Fsp3) is 0.286. The molecular formula is C7H13N3O. The minimum absolute atomic E-state index is 0.0853. The molecule has 4 heteroatoms. The molecule has 11 heavy (non-hydrogen) atoms. The van der Waals surface area contributed by atoms with Crippen LogP contribution in [0.25, 0.3) is 0 Å². The van der Waals surface area contributed by atoms with Crippen LogP contribution in [0.3, 0.4) is 0 Å². The predicted octanol–water partition coefficient (Wildman–Crippen LogP) is 0.0848. The Morgan fingerprint density at radius 1 is 1.73 bits per heavy atom. The number of allylic oxidation sites excluding steroid dienone is 2. The Balaban J connectivity index is 4.15. The Labute approximate surface area is 66.1 Å². The van der Waals surface area contributed by atoms with Crippen LogP contribution < -0.4 is 11.6 Å². The molecule has 0 aromatic carbocycles. The van der Waals surface area contributed by atoms with Crippen LogP contribution in [-0.4, -0.2) is 11.3 Å². The van der Waals surface area contributed by atoms with Gasteiger partial charge in [0.1, 0.15) is 0 Å². The standard InChI is InChI=1S/C7H13N3O/c1-3-6(2)10(9)4-7(8)5-11/h4-5H,2-3,8-9H2,1H3/b7-4-. The van der Waals surface area contributed by atoms with Gasteiger partial charge in [0.15, 0.2) is 6.29 Å². The van der Waals surface area contributed by atoms with Gasteiger partial charge in [-0.25, -0.2) is 5.84 Å². The van der Waals surface area contributed by atoms with Crippen molar-refractivity contribution in [2.24, 2.45) is 11.6 Å². The average molecular weight is 155 g/mol. The summed E-state index contributed by atoms with van der Waals surface area (Å²) in [4.78, 5) is 10.0. The number of nitrogens with two attached hydrogens (primary N) is 2. The summed E-state index contributed by atoms with van der Waals surface area (Å²) in [6, 6.07) is 0. The van der Waals surface area contributed by atoms with Crippen LogP contribution in [0.1, 0.15) is 13.3 Å². The average Bonchev–Trinajstić information content (AvgIpc) is 2.02. The molecule has 0 spiro atoms. The van der Waals surface area contributed by atoms with E-state index < -0.39 is 0 Å². The largest absolute Gasteiger partial charge is 0.395 e. The zero-order valence-corrected chi connectivity index (χ0v) is 6.58. The van der Waals surface area contributed by atoms with Crippen molar-refractivity contribution in [3.63, 3.8) is 0 Å². The van der Waals surface area contributed by atoms with Gasteiger partial charge in [0.05, 0.1) is 5.70 Å². The van der Waals surface area contributed by atoms with E-state index in [1.165, 1.54) is 11.2 Å². The first-order valence-electron chi connectivity index (χ1n) is 3.26. The van der Waals surface area contributed by atoms with Gasteiger partial charge in [0.25, 0.3) is 0 Å². The minimum atomic E-state index is 0.0853. The first-order valence-corrected chi connectivity index (χ1v) is 3.26. The summed E-state index contributed by atoms with van der Waals surface area (Å²) in [5.74, 6) is 5.42. The topological polar surface area (TPSA) is 72.3 Å². The number of hydrogen-bond donors (Lipinski definition) is 2. The molecule has 0 bridgehead atoms. The van der Waals surface area contributed by atoms with Gasteiger partial charge < -0.3 is 5.73 Å². The highest BCUT2D eigenvalue weighted by Gasteiger charge is 1.96. The maximum atomic E-state index is 10.0. The van der Waals surface area contributed by atoms with Crippen LogP contribution in [0.5, 0.6) is 0 Å². The third-order valence-electron chi connectivity index (χ3n) is 1.20. The second-order valence-corrected chi connectivity index (χ2v) is 2.07. The highest BCUT2D eigenvalue weighted by Crippen LogP contribution is 2.00. The predicted molar refractivity (Wildman–Crippen MR) is 43.8 cm³/mol. The highest BCUT2D eigenvalue weighted by atomic mass is 16.1. The second kappa shape index (κ2) is 4.51. The molecule has 0 aliphatic rings. The lowest BCUT2D eigenvalue weighted by molar-refractivity contribution is -0.105. The summed E-state index contributed by atoms with van der Waals surface area (Å²) < 4.78 is 0. The van der Waals surface area contributed by atoms with E-state index >= 15 is 0 Å². The van der Waals surface area contributed by atoms with Crippen molar-refractivity contribution in [3.05, 3.63) is 24.2 Å². The third-order valence-corrected chi connectivity index (χ3v) is 1.20. The first kappa shape index (κ1) is 9.71. The molecule has 0 rings (SSSR count). The summed E-state index contributed by atoms with van der Waals surface area (Å²) >= 11 is 0. The molecule has 4 nitrogen and oxygen atoms in total. The van der Waals surface area contributed by atoms with Crippen molar-refractivity contribution in [1.82, 2.24) is 5.01 Å². The van der Waals surface area contributed by atoms with Crippen molar-refractivity contribution in [1.29, 1.82) is 0 Å². The smallest absolute Gasteiger partial charge is 0.167 e. The maximum Gasteiger partial charge on any atom is 0.167 e. The van der Waals surface area contributed by atoms with Crippen LogP contribution in [0.2, 0.25) is 0 Å². The number of hydrogen-bond acceptors (Lipinski definition) is 4. The molecule has 0 atom stereocenters. The fourth-order valence-electron chi connectivity index (χ4n) is 0.465. The van der Waals surface area contributed by atoms with Gasteiger partial charge in [-0.05, 0) is 6.42 Å². The van der Waals surface area contributed by atoms with Gasteiger partial charge in [-0.3, -0.25) is 9.80 Å². The van der Waals surface area contributed by atoms with E-state index in [2.05, 4.69) is 6.58 Å². The SMILES string of the molecule is C=C(CC)N(N)/C=C(\N)C=O. The molecule has 0 heterocycles.